The van der Waals surface area contributed by atoms with E-state index in [9.17, 15) is 0 Å². The first-order chi connectivity index (χ1) is 5.36. The highest BCUT2D eigenvalue weighted by Gasteiger charge is 2.29. The quantitative estimate of drug-likeness (QED) is 0.632. The van der Waals surface area contributed by atoms with Gasteiger partial charge in [0.15, 0.2) is 4.90 Å². The number of phenolic OH excluding ortho intramolecular Hbond substituents is 1. The summed E-state index contributed by atoms with van der Waals surface area (Å²) in [7, 11) is 0.521. The molecule has 58 valence electrons. The Morgan fingerprint density at radius 3 is 2.18 bits per heavy atom. The third-order valence-electron chi connectivity index (χ3n) is 1.95. The Labute approximate surface area is 69.4 Å². The van der Waals surface area contributed by atoms with Crippen molar-refractivity contribution < 1.29 is 5.11 Å². The van der Waals surface area contributed by atoms with E-state index in [0.717, 1.165) is 0 Å². The number of phenols is 1. The maximum absolute atomic E-state index is 9.03. The van der Waals surface area contributed by atoms with Crippen molar-refractivity contribution in [3.8, 4) is 5.75 Å². The van der Waals surface area contributed by atoms with Gasteiger partial charge in [0.25, 0.3) is 0 Å². The Hall–Kier alpha value is -0.630. The summed E-state index contributed by atoms with van der Waals surface area (Å²) >= 11 is 0. The fraction of sp³-hybridized carbons (Fsp3) is 0.333. The zero-order valence-electron chi connectivity index (χ0n) is 6.29. The van der Waals surface area contributed by atoms with Crippen LogP contribution < -0.4 is 0 Å². The molecule has 1 aliphatic rings. The minimum absolute atomic E-state index is 0.373. The summed E-state index contributed by atoms with van der Waals surface area (Å²) in [6.45, 7) is 0. The fourth-order valence-electron chi connectivity index (χ4n) is 1.16. The standard InChI is InChI=1S/C9H10OS/c10-8-2-4-9(5-3-8)11-6-1-7-11/h2-5H,1,6-7H2/p+1. The van der Waals surface area contributed by atoms with Crippen LogP contribution in [0.4, 0.5) is 0 Å². The molecule has 1 saturated heterocycles. The van der Waals surface area contributed by atoms with Crippen molar-refractivity contribution in [1.82, 2.24) is 0 Å². The Kier molecular flexibility index (Phi) is 1.78. The number of hydrogen-bond acceptors (Lipinski definition) is 1. The first-order valence-electron chi connectivity index (χ1n) is 3.83. The second-order valence-corrected chi connectivity index (χ2v) is 5.02. The van der Waals surface area contributed by atoms with E-state index in [1.54, 1.807) is 12.1 Å². The van der Waals surface area contributed by atoms with Gasteiger partial charge in [-0.2, -0.15) is 0 Å². The lowest BCUT2D eigenvalue weighted by Crippen LogP contribution is -2.24. The van der Waals surface area contributed by atoms with E-state index in [1.165, 1.54) is 22.8 Å². The van der Waals surface area contributed by atoms with Crippen molar-refractivity contribution in [1.29, 1.82) is 0 Å². The number of benzene rings is 1. The van der Waals surface area contributed by atoms with E-state index in [-0.39, 0.29) is 0 Å². The van der Waals surface area contributed by atoms with Gasteiger partial charge in [-0.05, 0) is 24.3 Å². The van der Waals surface area contributed by atoms with Gasteiger partial charge in [0.05, 0.1) is 0 Å². The molecule has 0 spiro atoms. The van der Waals surface area contributed by atoms with Gasteiger partial charge in [0, 0.05) is 17.3 Å². The van der Waals surface area contributed by atoms with Gasteiger partial charge in [0.1, 0.15) is 17.3 Å². The smallest absolute Gasteiger partial charge is 0.155 e. The van der Waals surface area contributed by atoms with Crippen LogP contribution in [0.2, 0.25) is 0 Å². The van der Waals surface area contributed by atoms with E-state index in [4.69, 9.17) is 5.11 Å². The van der Waals surface area contributed by atoms with Crippen LogP contribution in [0.5, 0.6) is 5.75 Å². The molecular weight excluding hydrogens is 156 g/mol. The molecular formula is C9H11OS+. The summed E-state index contributed by atoms with van der Waals surface area (Å²) in [5.74, 6) is 3.08. The molecule has 0 atom stereocenters. The monoisotopic (exact) mass is 167 g/mol. The van der Waals surface area contributed by atoms with E-state index < -0.39 is 0 Å². The van der Waals surface area contributed by atoms with Crippen molar-refractivity contribution in [3.63, 3.8) is 0 Å². The van der Waals surface area contributed by atoms with Gasteiger partial charge in [-0.1, -0.05) is 0 Å². The average Bonchev–Trinajstić information content (AvgIpc) is 1.90. The van der Waals surface area contributed by atoms with Crippen LogP contribution in [0.15, 0.2) is 29.2 Å². The predicted octanol–water partition coefficient (Wildman–Crippen LogP) is 1.77. The first kappa shape index (κ1) is 7.04. The van der Waals surface area contributed by atoms with Gasteiger partial charge in [0.2, 0.25) is 0 Å². The molecule has 1 fully saturated rings. The summed E-state index contributed by atoms with van der Waals surface area (Å²) < 4.78 is 0. The third kappa shape index (κ3) is 1.36. The summed E-state index contributed by atoms with van der Waals surface area (Å²) in [4.78, 5) is 1.41. The molecule has 0 saturated carbocycles. The molecule has 2 rings (SSSR count). The van der Waals surface area contributed by atoms with Crippen LogP contribution in [0, 0.1) is 0 Å². The Balaban J connectivity index is 2.18. The maximum atomic E-state index is 9.03. The van der Waals surface area contributed by atoms with Crippen LogP contribution in [-0.2, 0) is 10.9 Å². The molecule has 0 aliphatic carbocycles. The number of hydrogen-bond donors (Lipinski definition) is 1. The van der Waals surface area contributed by atoms with Gasteiger partial charge >= 0.3 is 0 Å². The minimum atomic E-state index is 0.373. The van der Waals surface area contributed by atoms with E-state index >= 15 is 0 Å². The zero-order valence-corrected chi connectivity index (χ0v) is 7.10. The van der Waals surface area contributed by atoms with Crippen molar-refractivity contribution in [2.45, 2.75) is 11.3 Å². The van der Waals surface area contributed by atoms with E-state index in [1.807, 2.05) is 12.1 Å². The maximum Gasteiger partial charge on any atom is 0.155 e. The molecule has 0 amide bonds. The van der Waals surface area contributed by atoms with Gasteiger partial charge in [-0.15, -0.1) is 0 Å². The summed E-state index contributed by atoms with van der Waals surface area (Å²) in [6, 6.07) is 7.64. The highest BCUT2D eigenvalue weighted by atomic mass is 32.2. The molecule has 1 aromatic carbocycles. The van der Waals surface area contributed by atoms with E-state index in [0.29, 0.717) is 16.6 Å². The summed E-state index contributed by atoms with van der Waals surface area (Å²) in [6.07, 6.45) is 1.38. The molecule has 1 aromatic rings. The normalized spacial score (nSPS) is 17.8. The molecule has 1 N–H and O–H groups in total. The van der Waals surface area contributed by atoms with E-state index in [2.05, 4.69) is 0 Å². The molecule has 1 nitrogen and oxygen atoms in total. The molecule has 0 aromatic heterocycles. The molecule has 1 aliphatic heterocycles. The Morgan fingerprint density at radius 1 is 1.09 bits per heavy atom. The minimum Gasteiger partial charge on any atom is -0.508 e. The predicted molar refractivity (Wildman–Crippen MR) is 48.1 cm³/mol. The average molecular weight is 167 g/mol. The van der Waals surface area contributed by atoms with Gasteiger partial charge in [-0.25, -0.2) is 0 Å². The van der Waals surface area contributed by atoms with Gasteiger partial charge in [-0.3, -0.25) is 0 Å². The summed E-state index contributed by atoms with van der Waals surface area (Å²) in [5.41, 5.74) is 0. The van der Waals surface area contributed by atoms with Crippen molar-refractivity contribution >= 4 is 10.9 Å². The topological polar surface area (TPSA) is 20.2 Å². The lowest BCUT2D eigenvalue weighted by Gasteiger charge is -2.14. The third-order valence-corrected chi connectivity index (χ3v) is 4.45. The SMILES string of the molecule is Oc1ccc([S+]2CCC2)cc1. The highest BCUT2D eigenvalue weighted by molar-refractivity contribution is 7.98. The van der Waals surface area contributed by atoms with Crippen LogP contribution >= 0.6 is 0 Å². The van der Waals surface area contributed by atoms with Crippen molar-refractivity contribution in [2.75, 3.05) is 11.5 Å². The molecule has 0 radical (unpaired) electrons. The van der Waals surface area contributed by atoms with Crippen molar-refractivity contribution in [3.05, 3.63) is 24.3 Å². The Morgan fingerprint density at radius 2 is 1.73 bits per heavy atom. The first-order valence-corrected chi connectivity index (χ1v) is 5.39. The lowest BCUT2D eigenvalue weighted by atomic mass is 10.3. The van der Waals surface area contributed by atoms with Crippen LogP contribution in [-0.4, -0.2) is 16.6 Å². The Bertz CT molecular complexity index is 238. The molecule has 11 heavy (non-hydrogen) atoms. The fourth-order valence-corrected chi connectivity index (χ4v) is 2.73. The van der Waals surface area contributed by atoms with Crippen LogP contribution in [0.1, 0.15) is 6.42 Å². The highest BCUT2D eigenvalue weighted by Crippen LogP contribution is 2.24. The number of rotatable bonds is 1. The zero-order chi connectivity index (χ0) is 7.68. The molecule has 2 heteroatoms. The molecule has 0 unspecified atom stereocenters. The molecule has 1 heterocycles. The second-order valence-electron chi connectivity index (χ2n) is 2.75. The van der Waals surface area contributed by atoms with Crippen LogP contribution in [0.3, 0.4) is 0 Å². The van der Waals surface area contributed by atoms with Gasteiger partial charge < -0.3 is 5.11 Å². The van der Waals surface area contributed by atoms with Crippen LogP contribution in [0.25, 0.3) is 0 Å². The van der Waals surface area contributed by atoms with Crippen molar-refractivity contribution in [2.24, 2.45) is 0 Å². The largest absolute Gasteiger partial charge is 0.508 e. The number of aromatic hydroxyl groups is 1. The lowest BCUT2D eigenvalue weighted by molar-refractivity contribution is 0.475. The molecule has 0 bridgehead atoms. The summed E-state index contributed by atoms with van der Waals surface area (Å²) in [5, 5.41) is 9.03. The second kappa shape index (κ2) is 2.78.